The number of nitrogens with one attached hydrogen (secondary N) is 1. The van der Waals surface area contributed by atoms with Gasteiger partial charge in [-0.2, -0.15) is 0 Å². The van der Waals surface area contributed by atoms with Gasteiger partial charge >= 0.3 is 0 Å². The molecule has 1 fully saturated rings. The molecule has 1 aromatic carbocycles. The summed E-state index contributed by atoms with van der Waals surface area (Å²) in [5.41, 5.74) is 2.07. The van der Waals surface area contributed by atoms with Crippen LogP contribution in [0.5, 0.6) is 0 Å². The summed E-state index contributed by atoms with van der Waals surface area (Å²) in [5, 5.41) is 2.83. The summed E-state index contributed by atoms with van der Waals surface area (Å²) < 4.78 is 0. The third-order valence-electron chi connectivity index (χ3n) is 3.84. The smallest absolute Gasteiger partial charge is 0.274 e. The number of carbonyl (C=O) groups is 2. The second kappa shape index (κ2) is 6.91. The number of pyridine rings is 1. The van der Waals surface area contributed by atoms with Crippen molar-refractivity contribution >= 4 is 23.7 Å². The summed E-state index contributed by atoms with van der Waals surface area (Å²) in [6.45, 7) is 2.89. The number of benzene rings is 1. The quantitative estimate of drug-likeness (QED) is 0.871. The SMILES string of the molecule is O=CN1CCN(c2ccnc(C(=O)Nc3ccccc3)c2)CC1. The average molecular weight is 310 g/mol. The lowest BCUT2D eigenvalue weighted by molar-refractivity contribution is -0.118. The molecule has 2 amide bonds. The Kier molecular flexibility index (Phi) is 4.52. The van der Waals surface area contributed by atoms with Gasteiger partial charge in [0.2, 0.25) is 6.41 Å². The number of hydrogen-bond donors (Lipinski definition) is 1. The van der Waals surface area contributed by atoms with Gasteiger partial charge in [-0.25, -0.2) is 0 Å². The van der Waals surface area contributed by atoms with Crippen molar-refractivity contribution in [2.24, 2.45) is 0 Å². The molecule has 2 aromatic rings. The van der Waals surface area contributed by atoms with Gasteiger partial charge in [-0.3, -0.25) is 14.6 Å². The summed E-state index contributed by atoms with van der Waals surface area (Å²) >= 11 is 0. The van der Waals surface area contributed by atoms with E-state index in [9.17, 15) is 9.59 Å². The molecule has 6 nitrogen and oxygen atoms in total. The first-order chi connectivity index (χ1) is 11.3. The number of para-hydroxylation sites is 1. The highest BCUT2D eigenvalue weighted by Gasteiger charge is 2.17. The van der Waals surface area contributed by atoms with E-state index in [1.807, 2.05) is 36.4 Å². The molecule has 6 heteroatoms. The maximum atomic E-state index is 12.3. The lowest BCUT2D eigenvalue weighted by atomic mass is 10.2. The fourth-order valence-corrected chi connectivity index (χ4v) is 2.54. The molecule has 23 heavy (non-hydrogen) atoms. The van der Waals surface area contributed by atoms with E-state index in [4.69, 9.17) is 0 Å². The maximum absolute atomic E-state index is 12.3. The minimum Gasteiger partial charge on any atom is -0.368 e. The summed E-state index contributed by atoms with van der Waals surface area (Å²) in [4.78, 5) is 31.1. The van der Waals surface area contributed by atoms with Gasteiger partial charge in [0, 0.05) is 43.8 Å². The maximum Gasteiger partial charge on any atom is 0.274 e. The van der Waals surface area contributed by atoms with Crippen molar-refractivity contribution in [2.45, 2.75) is 0 Å². The zero-order valence-electron chi connectivity index (χ0n) is 12.7. The molecule has 1 aliphatic heterocycles. The topological polar surface area (TPSA) is 65.5 Å². The van der Waals surface area contributed by atoms with Gasteiger partial charge in [0.15, 0.2) is 0 Å². The van der Waals surface area contributed by atoms with Gasteiger partial charge in [-0.05, 0) is 24.3 Å². The number of carbonyl (C=O) groups excluding carboxylic acids is 2. The van der Waals surface area contributed by atoms with Crippen LogP contribution in [-0.2, 0) is 4.79 Å². The van der Waals surface area contributed by atoms with Gasteiger partial charge in [0.1, 0.15) is 5.69 Å². The van der Waals surface area contributed by atoms with E-state index >= 15 is 0 Å². The van der Waals surface area contributed by atoms with Crippen LogP contribution in [0.4, 0.5) is 11.4 Å². The number of amides is 2. The molecule has 1 aliphatic rings. The van der Waals surface area contributed by atoms with Gasteiger partial charge < -0.3 is 15.1 Å². The number of hydrogen-bond acceptors (Lipinski definition) is 4. The molecule has 2 heterocycles. The third-order valence-corrected chi connectivity index (χ3v) is 3.84. The minimum absolute atomic E-state index is 0.232. The van der Waals surface area contributed by atoms with E-state index < -0.39 is 0 Å². The zero-order valence-corrected chi connectivity index (χ0v) is 12.7. The van der Waals surface area contributed by atoms with Crippen molar-refractivity contribution in [1.29, 1.82) is 0 Å². The van der Waals surface area contributed by atoms with E-state index in [1.165, 1.54) is 0 Å². The molecule has 0 saturated carbocycles. The van der Waals surface area contributed by atoms with Crippen LogP contribution >= 0.6 is 0 Å². The summed E-state index contributed by atoms with van der Waals surface area (Å²) in [6.07, 6.45) is 2.52. The number of rotatable bonds is 4. The number of aromatic nitrogens is 1. The molecule has 0 unspecified atom stereocenters. The molecule has 1 aromatic heterocycles. The van der Waals surface area contributed by atoms with E-state index in [2.05, 4.69) is 15.2 Å². The Balaban J connectivity index is 1.70. The molecule has 3 rings (SSSR count). The standard InChI is InChI=1S/C17H18N4O2/c22-13-20-8-10-21(11-9-20)15-6-7-18-16(12-15)17(23)19-14-4-2-1-3-5-14/h1-7,12-13H,8-11H2,(H,19,23). The van der Waals surface area contributed by atoms with Crippen molar-refractivity contribution in [3.8, 4) is 0 Å². The predicted molar refractivity (Wildman–Crippen MR) is 88.5 cm³/mol. The van der Waals surface area contributed by atoms with E-state index in [-0.39, 0.29) is 5.91 Å². The Hall–Kier alpha value is -2.89. The fourth-order valence-electron chi connectivity index (χ4n) is 2.54. The van der Waals surface area contributed by atoms with Gasteiger partial charge in [0.25, 0.3) is 5.91 Å². The number of nitrogens with zero attached hydrogens (tertiary/aromatic N) is 3. The zero-order chi connectivity index (χ0) is 16.1. The second-order valence-electron chi connectivity index (χ2n) is 5.35. The lowest BCUT2D eigenvalue weighted by Crippen LogP contribution is -2.45. The monoisotopic (exact) mass is 310 g/mol. The van der Waals surface area contributed by atoms with E-state index in [0.717, 1.165) is 30.9 Å². The summed E-state index contributed by atoms with van der Waals surface area (Å²) in [5.74, 6) is -0.232. The summed E-state index contributed by atoms with van der Waals surface area (Å²) in [7, 11) is 0. The van der Waals surface area contributed by atoms with Crippen molar-refractivity contribution < 1.29 is 9.59 Å². The normalized spacial score (nSPS) is 14.4. The van der Waals surface area contributed by atoms with Crippen molar-refractivity contribution in [3.63, 3.8) is 0 Å². The molecule has 0 radical (unpaired) electrons. The van der Waals surface area contributed by atoms with Crippen LogP contribution in [0, 0.1) is 0 Å². The predicted octanol–water partition coefficient (Wildman–Crippen LogP) is 1.61. The Morgan fingerprint density at radius 3 is 2.52 bits per heavy atom. The van der Waals surface area contributed by atoms with E-state index in [0.29, 0.717) is 18.8 Å². The first-order valence-electron chi connectivity index (χ1n) is 7.53. The second-order valence-corrected chi connectivity index (χ2v) is 5.35. The molecule has 1 N–H and O–H groups in total. The van der Waals surface area contributed by atoms with Crippen LogP contribution in [-0.4, -0.2) is 48.4 Å². The summed E-state index contributed by atoms with van der Waals surface area (Å²) in [6, 6.07) is 13.0. The Morgan fingerprint density at radius 2 is 1.83 bits per heavy atom. The number of anilines is 2. The van der Waals surface area contributed by atoms with Crippen molar-refractivity contribution in [2.75, 3.05) is 36.4 Å². The first-order valence-corrected chi connectivity index (χ1v) is 7.53. The van der Waals surface area contributed by atoms with Crippen molar-refractivity contribution in [1.82, 2.24) is 9.88 Å². The molecule has 0 bridgehead atoms. The molecule has 0 atom stereocenters. The van der Waals surface area contributed by atoms with E-state index in [1.54, 1.807) is 17.2 Å². The highest BCUT2D eigenvalue weighted by Crippen LogP contribution is 2.17. The number of piperazine rings is 1. The van der Waals surface area contributed by atoms with Crippen LogP contribution in [0.1, 0.15) is 10.5 Å². The van der Waals surface area contributed by atoms with Crippen LogP contribution < -0.4 is 10.2 Å². The highest BCUT2D eigenvalue weighted by molar-refractivity contribution is 6.03. The Labute approximate surface area is 134 Å². The minimum atomic E-state index is -0.232. The molecule has 1 saturated heterocycles. The van der Waals surface area contributed by atoms with Crippen LogP contribution in [0.25, 0.3) is 0 Å². The third kappa shape index (κ3) is 3.66. The van der Waals surface area contributed by atoms with Crippen LogP contribution in [0.15, 0.2) is 48.7 Å². The van der Waals surface area contributed by atoms with Crippen LogP contribution in [0.3, 0.4) is 0 Å². The molecular weight excluding hydrogens is 292 g/mol. The van der Waals surface area contributed by atoms with Gasteiger partial charge in [0.05, 0.1) is 0 Å². The fraction of sp³-hybridized carbons (Fsp3) is 0.235. The molecule has 0 aliphatic carbocycles. The van der Waals surface area contributed by atoms with Gasteiger partial charge in [-0.15, -0.1) is 0 Å². The molecule has 0 spiro atoms. The molecular formula is C17H18N4O2. The lowest BCUT2D eigenvalue weighted by Gasteiger charge is -2.34. The Bertz CT molecular complexity index is 682. The van der Waals surface area contributed by atoms with Crippen LogP contribution in [0.2, 0.25) is 0 Å². The average Bonchev–Trinajstić information content (AvgIpc) is 2.63. The Morgan fingerprint density at radius 1 is 1.09 bits per heavy atom. The first kappa shape index (κ1) is 15.0. The molecule has 118 valence electrons. The van der Waals surface area contributed by atoms with Gasteiger partial charge in [-0.1, -0.05) is 18.2 Å². The van der Waals surface area contributed by atoms with Crippen molar-refractivity contribution in [3.05, 3.63) is 54.4 Å². The highest BCUT2D eigenvalue weighted by atomic mass is 16.2. The largest absolute Gasteiger partial charge is 0.368 e.